The predicted molar refractivity (Wildman–Crippen MR) is 102 cm³/mol. The fourth-order valence-corrected chi connectivity index (χ4v) is 3.40. The summed E-state index contributed by atoms with van der Waals surface area (Å²) in [5, 5.41) is 5.57. The number of unbranched alkanes of at least 4 members (excludes halogenated alkanes) is 1. The van der Waals surface area contributed by atoms with Crippen LogP contribution in [0.1, 0.15) is 12.8 Å². The largest absolute Gasteiger partial charge is 0.617 e. The highest BCUT2D eigenvalue weighted by Crippen LogP contribution is 2.28. The molecular formula is C19H19N3O3S. The molecular weight excluding hydrogens is 350 g/mol. The van der Waals surface area contributed by atoms with Crippen LogP contribution >= 0.6 is 0 Å². The monoisotopic (exact) mass is 369 g/mol. The van der Waals surface area contributed by atoms with Crippen molar-refractivity contribution in [1.82, 2.24) is 14.6 Å². The van der Waals surface area contributed by atoms with Gasteiger partial charge in [0.1, 0.15) is 17.0 Å². The van der Waals surface area contributed by atoms with Crippen LogP contribution in [0.15, 0.2) is 53.1 Å². The van der Waals surface area contributed by atoms with E-state index in [-0.39, 0.29) is 0 Å². The predicted octanol–water partition coefficient (Wildman–Crippen LogP) is 3.68. The van der Waals surface area contributed by atoms with Gasteiger partial charge in [-0.2, -0.15) is 0 Å². The third-order valence-corrected chi connectivity index (χ3v) is 4.96. The van der Waals surface area contributed by atoms with Crippen molar-refractivity contribution in [3.63, 3.8) is 0 Å². The number of nitrogens with zero attached hydrogens (tertiary/aromatic N) is 3. The fourth-order valence-electron chi connectivity index (χ4n) is 2.79. The molecule has 26 heavy (non-hydrogen) atoms. The van der Waals surface area contributed by atoms with Gasteiger partial charge >= 0.3 is 0 Å². The maximum absolute atomic E-state index is 11.1. The van der Waals surface area contributed by atoms with E-state index < -0.39 is 11.2 Å². The maximum atomic E-state index is 11.1. The Hall–Kier alpha value is -2.51. The summed E-state index contributed by atoms with van der Waals surface area (Å²) in [6, 6.07) is 13.5. The summed E-state index contributed by atoms with van der Waals surface area (Å²) in [4.78, 5) is 4.39. The third-order valence-electron chi connectivity index (χ3n) is 4.09. The van der Waals surface area contributed by atoms with Crippen molar-refractivity contribution in [2.24, 2.45) is 0 Å². The first kappa shape index (κ1) is 16.9. The highest BCUT2D eigenvalue weighted by atomic mass is 32.2. The molecule has 7 heteroatoms. The lowest BCUT2D eigenvalue weighted by Gasteiger charge is -2.07. The molecule has 0 amide bonds. The van der Waals surface area contributed by atoms with E-state index in [1.807, 2.05) is 42.5 Å². The normalized spacial score (nSPS) is 12.7. The van der Waals surface area contributed by atoms with Crippen LogP contribution in [0.4, 0.5) is 0 Å². The van der Waals surface area contributed by atoms with Gasteiger partial charge in [0, 0.05) is 11.5 Å². The number of rotatable bonds is 7. The van der Waals surface area contributed by atoms with Gasteiger partial charge in [0.05, 0.1) is 19.1 Å². The zero-order chi connectivity index (χ0) is 17.9. The Morgan fingerprint density at radius 3 is 2.92 bits per heavy atom. The molecule has 6 nitrogen and oxygen atoms in total. The van der Waals surface area contributed by atoms with Crippen LogP contribution in [0.5, 0.6) is 5.88 Å². The Morgan fingerprint density at radius 1 is 1.19 bits per heavy atom. The lowest BCUT2D eigenvalue weighted by Crippen LogP contribution is -2.06. The van der Waals surface area contributed by atoms with Crippen molar-refractivity contribution in [3.8, 4) is 17.3 Å². The minimum Gasteiger partial charge on any atom is -0.617 e. The van der Waals surface area contributed by atoms with Gasteiger partial charge in [-0.25, -0.2) is 9.50 Å². The first-order valence-electron chi connectivity index (χ1n) is 8.47. The zero-order valence-corrected chi connectivity index (χ0v) is 15.2. The quantitative estimate of drug-likeness (QED) is 0.367. The van der Waals surface area contributed by atoms with Crippen LogP contribution in [0.25, 0.3) is 28.1 Å². The summed E-state index contributed by atoms with van der Waals surface area (Å²) >= 11 is -0.752. The van der Waals surface area contributed by atoms with E-state index in [9.17, 15) is 4.55 Å². The molecule has 0 fully saturated rings. The van der Waals surface area contributed by atoms with Crippen LogP contribution in [0.3, 0.4) is 0 Å². The molecule has 1 aromatic carbocycles. The molecule has 1 atom stereocenters. The standard InChI is InChI=1S/C19H19N3O3S/c1-26(23)11-5-4-10-24-19-9-8-18-20-13-15(22(18)21-19)17-12-14-6-2-3-7-16(14)25-17/h2-3,6-9,12-13H,4-5,10-11H2,1H3. The van der Waals surface area contributed by atoms with Crippen LogP contribution in [0.2, 0.25) is 0 Å². The molecule has 0 aliphatic carbocycles. The van der Waals surface area contributed by atoms with Crippen molar-refractivity contribution in [1.29, 1.82) is 0 Å². The van der Waals surface area contributed by atoms with E-state index in [0.717, 1.165) is 35.2 Å². The van der Waals surface area contributed by atoms with Gasteiger partial charge in [-0.15, -0.1) is 5.10 Å². The van der Waals surface area contributed by atoms with Gasteiger partial charge in [-0.1, -0.05) is 29.4 Å². The third kappa shape index (κ3) is 3.54. The number of para-hydroxylation sites is 1. The summed E-state index contributed by atoms with van der Waals surface area (Å²) < 4.78 is 24.5. The van der Waals surface area contributed by atoms with Crippen molar-refractivity contribution < 1.29 is 13.7 Å². The van der Waals surface area contributed by atoms with Crippen molar-refractivity contribution in [3.05, 3.63) is 48.7 Å². The van der Waals surface area contributed by atoms with E-state index >= 15 is 0 Å². The molecule has 134 valence electrons. The topological polar surface area (TPSA) is 75.6 Å². The number of benzene rings is 1. The van der Waals surface area contributed by atoms with Gasteiger partial charge in [-0.3, -0.25) is 0 Å². The number of hydrogen-bond acceptors (Lipinski definition) is 5. The van der Waals surface area contributed by atoms with Gasteiger partial charge in [0.25, 0.3) is 0 Å². The van der Waals surface area contributed by atoms with Crippen LogP contribution in [-0.4, -0.2) is 37.8 Å². The zero-order valence-electron chi connectivity index (χ0n) is 14.4. The highest BCUT2D eigenvalue weighted by Gasteiger charge is 2.13. The van der Waals surface area contributed by atoms with Crippen LogP contribution in [-0.2, 0) is 11.2 Å². The number of aromatic nitrogens is 3. The molecule has 0 saturated carbocycles. The lowest BCUT2D eigenvalue weighted by atomic mass is 10.2. The van der Waals surface area contributed by atoms with E-state index in [0.29, 0.717) is 24.0 Å². The average molecular weight is 369 g/mol. The lowest BCUT2D eigenvalue weighted by molar-refractivity contribution is 0.293. The summed E-state index contributed by atoms with van der Waals surface area (Å²) in [5.41, 5.74) is 2.34. The van der Waals surface area contributed by atoms with E-state index in [4.69, 9.17) is 9.15 Å². The molecule has 0 spiro atoms. The van der Waals surface area contributed by atoms with Gasteiger partial charge in [0.2, 0.25) is 5.88 Å². The maximum Gasteiger partial charge on any atom is 0.231 e. The number of ether oxygens (including phenoxy) is 1. The van der Waals surface area contributed by atoms with E-state index in [1.54, 1.807) is 17.0 Å². The Bertz CT molecular complexity index is 992. The second-order valence-corrected chi connectivity index (χ2v) is 7.62. The summed E-state index contributed by atoms with van der Waals surface area (Å²) in [5.74, 6) is 1.95. The minimum absolute atomic E-state index is 0.533. The van der Waals surface area contributed by atoms with Crippen LogP contribution < -0.4 is 4.74 Å². The molecule has 3 heterocycles. The summed E-state index contributed by atoms with van der Waals surface area (Å²) in [7, 11) is 0. The smallest absolute Gasteiger partial charge is 0.231 e. The molecule has 0 saturated heterocycles. The molecule has 0 aliphatic rings. The molecule has 0 radical (unpaired) electrons. The molecule has 4 aromatic rings. The molecule has 0 N–H and O–H groups in total. The highest BCUT2D eigenvalue weighted by molar-refractivity contribution is 7.90. The SMILES string of the molecule is C[S+]([O-])CCCCOc1ccc2ncc(-c3cc4ccccc4o3)n2n1. The number of furan rings is 1. The summed E-state index contributed by atoms with van der Waals surface area (Å²) in [6.45, 7) is 0.546. The number of fused-ring (bicyclic) bond motifs is 2. The second-order valence-electron chi connectivity index (χ2n) is 6.07. The summed E-state index contributed by atoms with van der Waals surface area (Å²) in [6.07, 6.45) is 5.19. The first-order valence-corrected chi connectivity index (χ1v) is 10.2. The van der Waals surface area contributed by atoms with Crippen LogP contribution in [0, 0.1) is 0 Å². The van der Waals surface area contributed by atoms with Gasteiger partial charge < -0.3 is 13.7 Å². The van der Waals surface area contributed by atoms with E-state index in [1.165, 1.54) is 0 Å². The molecule has 0 bridgehead atoms. The Kier molecular flexibility index (Phi) is 4.81. The Morgan fingerprint density at radius 2 is 2.08 bits per heavy atom. The Labute approximate surface area is 154 Å². The molecule has 3 aromatic heterocycles. The van der Waals surface area contributed by atoms with Gasteiger partial charge in [-0.05, 0) is 31.0 Å². The van der Waals surface area contributed by atoms with E-state index in [2.05, 4.69) is 10.1 Å². The number of imidazole rings is 1. The average Bonchev–Trinajstić information content (AvgIpc) is 3.24. The van der Waals surface area contributed by atoms with Crippen molar-refractivity contribution in [2.75, 3.05) is 18.6 Å². The minimum atomic E-state index is -0.752. The van der Waals surface area contributed by atoms with Crippen molar-refractivity contribution in [2.45, 2.75) is 12.8 Å². The number of hydrogen-bond donors (Lipinski definition) is 0. The van der Waals surface area contributed by atoms with Gasteiger partial charge in [0.15, 0.2) is 11.4 Å². The first-order chi connectivity index (χ1) is 12.7. The Balaban J connectivity index is 1.55. The molecule has 4 rings (SSSR count). The fraction of sp³-hybridized carbons (Fsp3) is 0.263. The molecule has 0 aliphatic heterocycles. The second kappa shape index (κ2) is 7.39. The molecule has 1 unspecified atom stereocenters. The van der Waals surface area contributed by atoms with Crippen molar-refractivity contribution >= 4 is 27.8 Å².